The van der Waals surface area contributed by atoms with E-state index in [0.29, 0.717) is 11.4 Å². The average molecular weight is 384 g/mol. The second-order valence-corrected chi connectivity index (χ2v) is 8.11. The normalized spacial score (nSPS) is 16.6. The Morgan fingerprint density at radius 3 is 2.81 bits per heavy atom. The van der Waals surface area contributed by atoms with E-state index in [1.54, 1.807) is 11.3 Å². The third-order valence-electron chi connectivity index (χ3n) is 4.91. The molecule has 5 nitrogen and oxygen atoms in total. The van der Waals surface area contributed by atoms with Crippen molar-refractivity contribution in [3.8, 4) is 0 Å². The molecule has 1 aromatic heterocycles. The summed E-state index contributed by atoms with van der Waals surface area (Å²) in [7, 11) is 0. The van der Waals surface area contributed by atoms with Crippen molar-refractivity contribution in [2.75, 3.05) is 5.32 Å². The molecule has 0 radical (unpaired) electrons. The predicted molar refractivity (Wildman–Crippen MR) is 111 cm³/mol. The number of nitrogens with one attached hydrogen (secondary N) is 2. The smallest absolute Gasteiger partial charge is 0.281 e. The van der Waals surface area contributed by atoms with Gasteiger partial charge in [0.1, 0.15) is 0 Å². The second kappa shape index (κ2) is 8.48. The molecule has 2 amide bonds. The monoisotopic (exact) mass is 383 g/mol. The van der Waals surface area contributed by atoms with Crippen LogP contribution in [0, 0.1) is 5.92 Å². The lowest BCUT2D eigenvalue weighted by Crippen LogP contribution is -2.18. The predicted octanol–water partition coefficient (Wildman–Crippen LogP) is 4.38. The molecular weight excluding hydrogens is 358 g/mol. The number of hydrazone groups is 1. The van der Waals surface area contributed by atoms with Crippen molar-refractivity contribution in [2.45, 2.75) is 46.5 Å². The van der Waals surface area contributed by atoms with Gasteiger partial charge in [0.2, 0.25) is 5.91 Å². The first kappa shape index (κ1) is 19.3. The van der Waals surface area contributed by atoms with Crippen molar-refractivity contribution < 1.29 is 9.59 Å². The molecule has 1 aliphatic rings. The Balaban J connectivity index is 1.68. The van der Waals surface area contributed by atoms with Gasteiger partial charge in [0.15, 0.2) is 0 Å². The fraction of sp³-hybridized carbons (Fsp3) is 0.381. The van der Waals surface area contributed by atoms with Crippen molar-refractivity contribution in [3.63, 3.8) is 0 Å². The molecule has 1 heterocycles. The number of thiophene rings is 1. The number of nitrogens with zero attached hydrogens (tertiary/aromatic N) is 1. The van der Waals surface area contributed by atoms with Gasteiger partial charge in [-0.1, -0.05) is 25.5 Å². The minimum absolute atomic E-state index is 0.123. The van der Waals surface area contributed by atoms with Crippen LogP contribution in [0.15, 0.2) is 35.4 Å². The van der Waals surface area contributed by atoms with Gasteiger partial charge in [0, 0.05) is 17.5 Å². The van der Waals surface area contributed by atoms with E-state index in [4.69, 9.17) is 0 Å². The van der Waals surface area contributed by atoms with Gasteiger partial charge in [-0.05, 0) is 61.4 Å². The van der Waals surface area contributed by atoms with E-state index in [0.717, 1.165) is 29.2 Å². The van der Waals surface area contributed by atoms with Gasteiger partial charge in [-0.25, -0.2) is 5.43 Å². The van der Waals surface area contributed by atoms with E-state index in [1.165, 1.54) is 30.2 Å². The van der Waals surface area contributed by atoms with Crippen LogP contribution in [0.5, 0.6) is 0 Å². The minimum atomic E-state index is -0.167. The Bertz CT molecular complexity index is 885. The third-order valence-corrected chi connectivity index (χ3v) is 6.15. The maximum absolute atomic E-state index is 12.5. The van der Waals surface area contributed by atoms with Crippen molar-refractivity contribution in [1.29, 1.82) is 0 Å². The van der Waals surface area contributed by atoms with Crippen molar-refractivity contribution in [3.05, 3.63) is 51.2 Å². The number of amides is 2. The lowest BCUT2D eigenvalue weighted by molar-refractivity contribution is -0.114. The van der Waals surface area contributed by atoms with Crippen molar-refractivity contribution >= 4 is 34.6 Å². The molecular formula is C21H25N3O2S. The quantitative estimate of drug-likeness (QED) is 0.594. The molecule has 0 saturated heterocycles. The van der Waals surface area contributed by atoms with Crippen LogP contribution in [0.4, 0.5) is 5.69 Å². The number of anilines is 1. The lowest BCUT2D eigenvalue weighted by Gasteiger charge is -2.19. The molecule has 0 aliphatic heterocycles. The summed E-state index contributed by atoms with van der Waals surface area (Å²) in [5.41, 5.74) is 6.22. The molecule has 0 saturated carbocycles. The fourth-order valence-electron chi connectivity index (χ4n) is 3.34. The molecule has 1 aliphatic carbocycles. The molecule has 142 valence electrons. The van der Waals surface area contributed by atoms with Crippen LogP contribution in [-0.4, -0.2) is 17.5 Å². The van der Waals surface area contributed by atoms with Crippen LogP contribution in [0.3, 0.4) is 0 Å². The average Bonchev–Trinajstić information content (AvgIpc) is 3.08. The first-order valence-corrected chi connectivity index (χ1v) is 10.1. The highest BCUT2D eigenvalue weighted by atomic mass is 32.1. The van der Waals surface area contributed by atoms with Crippen LogP contribution in [0.2, 0.25) is 0 Å². The van der Waals surface area contributed by atoms with E-state index in [2.05, 4.69) is 22.8 Å². The lowest BCUT2D eigenvalue weighted by atomic mass is 9.87. The summed E-state index contributed by atoms with van der Waals surface area (Å²) in [6.45, 7) is 5.53. The third kappa shape index (κ3) is 4.83. The highest BCUT2D eigenvalue weighted by Gasteiger charge is 2.22. The van der Waals surface area contributed by atoms with E-state index >= 15 is 0 Å². The van der Waals surface area contributed by atoms with Gasteiger partial charge < -0.3 is 5.32 Å². The molecule has 0 fully saturated rings. The van der Waals surface area contributed by atoms with E-state index in [1.807, 2.05) is 37.3 Å². The number of carbonyl (C=O) groups excluding carboxylic acids is 2. The van der Waals surface area contributed by atoms with Crippen LogP contribution < -0.4 is 10.7 Å². The SMILES string of the molecule is CCC1CCc2sc(C(=O)N/N=C(/C)c3cccc(NC(C)=O)c3)cc2C1. The largest absolute Gasteiger partial charge is 0.326 e. The van der Waals surface area contributed by atoms with Gasteiger partial charge in [0.25, 0.3) is 5.91 Å². The van der Waals surface area contributed by atoms with Crippen LogP contribution in [0.25, 0.3) is 0 Å². The molecule has 0 bridgehead atoms. The first-order valence-electron chi connectivity index (χ1n) is 9.30. The van der Waals surface area contributed by atoms with E-state index in [9.17, 15) is 9.59 Å². The van der Waals surface area contributed by atoms with E-state index in [-0.39, 0.29) is 11.8 Å². The molecule has 1 atom stereocenters. The number of hydrogen-bond donors (Lipinski definition) is 2. The standard InChI is InChI=1S/C21H25N3O2S/c1-4-15-8-9-19-17(10-15)12-20(27-19)21(26)24-23-13(2)16-6-5-7-18(11-16)22-14(3)25/h5-7,11-12,15H,4,8-10H2,1-3H3,(H,22,25)(H,24,26)/b23-13-. The zero-order chi connectivity index (χ0) is 19.4. The van der Waals surface area contributed by atoms with Gasteiger partial charge in [-0.15, -0.1) is 11.3 Å². The molecule has 3 rings (SSSR count). The Hall–Kier alpha value is -2.47. The minimum Gasteiger partial charge on any atom is -0.326 e. The van der Waals surface area contributed by atoms with Gasteiger partial charge >= 0.3 is 0 Å². The van der Waals surface area contributed by atoms with Crippen LogP contribution >= 0.6 is 11.3 Å². The summed E-state index contributed by atoms with van der Waals surface area (Å²) in [6.07, 6.45) is 4.56. The number of hydrogen-bond acceptors (Lipinski definition) is 4. The fourth-order valence-corrected chi connectivity index (χ4v) is 4.44. The molecule has 2 N–H and O–H groups in total. The van der Waals surface area contributed by atoms with Crippen LogP contribution in [-0.2, 0) is 17.6 Å². The topological polar surface area (TPSA) is 70.6 Å². The zero-order valence-electron chi connectivity index (χ0n) is 16.0. The molecule has 2 aromatic rings. The Kier molecular flexibility index (Phi) is 6.06. The van der Waals surface area contributed by atoms with Gasteiger partial charge in [-0.2, -0.15) is 5.10 Å². The van der Waals surface area contributed by atoms with Crippen LogP contribution in [0.1, 0.15) is 59.3 Å². The maximum Gasteiger partial charge on any atom is 0.281 e. The molecule has 0 spiro atoms. The number of fused-ring (bicyclic) bond motifs is 1. The second-order valence-electron chi connectivity index (χ2n) is 6.98. The summed E-state index contributed by atoms with van der Waals surface area (Å²) in [4.78, 5) is 25.8. The molecule has 1 aromatic carbocycles. The van der Waals surface area contributed by atoms with E-state index < -0.39 is 0 Å². The molecule has 27 heavy (non-hydrogen) atoms. The highest BCUT2D eigenvalue weighted by molar-refractivity contribution is 7.14. The highest BCUT2D eigenvalue weighted by Crippen LogP contribution is 2.33. The zero-order valence-corrected chi connectivity index (χ0v) is 16.8. The number of aryl methyl sites for hydroxylation is 1. The Labute approximate surface area is 163 Å². The Morgan fingerprint density at radius 1 is 1.26 bits per heavy atom. The van der Waals surface area contributed by atoms with Crippen molar-refractivity contribution in [1.82, 2.24) is 5.43 Å². The summed E-state index contributed by atoms with van der Waals surface area (Å²) in [5.74, 6) is 0.445. The summed E-state index contributed by atoms with van der Waals surface area (Å²) in [6, 6.07) is 9.42. The number of rotatable bonds is 5. The van der Waals surface area contributed by atoms with Gasteiger partial charge in [-0.3, -0.25) is 9.59 Å². The molecule has 1 unspecified atom stereocenters. The number of carbonyl (C=O) groups is 2. The Morgan fingerprint density at radius 2 is 2.07 bits per heavy atom. The van der Waals surface area contributed by atoms with Crippen molar-refractivity contribution in [2.24, 2.45) is 11.0 Å². The summed E-state index contributed by atoms with van der Waals surface area (Å²) < 4.78 is 0. The molecule has 6 heteroatoms. The first-order chi connectivity index (χ1) is 13.0. The maximum atomic E-state index is 12.5. The summed E-state index contributed by atoms with van der Waals surface area (Å²) >= 11 is 1.58. The van der Waals surface area contributed by atoms with Gasteiger partial charge in [0.05, 0.1) is 10.6 Å². The summed E-state index contributed by atoms with van der Waals surface area (Å²) in [5, 5.41) is 6.99. The number of benzene rings is 1.